The predicted molar refractivity (Wildman–Crippen MR) is 83.7 cm³/mol. The maximum atomic E-state index is 12.7. The van der Waals surface area contributed by atoms with Crippen LogP contribution in [0.5, 0.6) is 5.75 Å². The van der Waals surface area contributed by atoms with Gasteiger partial charge in [-0.1, -0.05) is 0 Å². The SMILES string of the molecule is CC1(C)Oc2ccc(N)cc2N(CC(=O)N2CCCC2)C1=O. The van der Waals surface area contributed by atoms with Gasteiger partial charge < -0.3 is 15.4 Å². The largest absolute Gasteiger partial charge is 0.476 e. The Hall–Kier alpha value is -2.24. The molecule has 0 radical (unpaired) electrons. The molecule has 1 aromatic rings. The summed E-state index contributed by atoms with van der Waals surface area (Å²) in [5, 5.41) is 0. The Morgan fingerprint density at radius 2 is 2.00 bits per heavy atom. The number of anilines is 2. The van der Waals surface area contributed by atoms with Crippen LogP contribution in [-0.4, -0.2) is 41.9 Å². The van der Waals surface area contributed by atoms with Crippen molar-refractivity contribution in [2.75, 3.05) is 30.3 Å². The summed E-state index contributed by atoms with van der Waals surface area (Å²) in [6, 6.07) is 5.15. The highest BCUT2D eigenvalue weighted by Crippen LogP contribution is 2.38. The summed E-state index contributed by atoms with van der Waals surface area (Å²) in [5.74, 6) is 0.322. The highest BCUT2D eigenvalue weighted by molar-refractivity contribution is 6.06. The Morgan fingerprint density at radius 3 is 2.68 bits per heavy atom. The van der Waals surface area contributed by atoms with E-state index < -0.39 is 5.60 Å². The fourth-order valence-corrected chi connectivity index (χ4v) is 2.94. The van der Waals surface area contributed by atoms with E-state index >= 15 is 0 Å². The summed E-state index contributed by atoms with van der Waals surface area (Å²) < 4.78 is 5.75. The average Bonchev–Trinajstić information content (AvgIpc) is 2.99. The molecular formula is C16H21N3O3. The molecule has 0 aliphatic carbocycles. The van der Waals surface area contributed by atoms with Gasteiger partial charge in [-0.25, -0.2) is 0 Å². The molecule has 3 rings (SSSR count). The fourth-order valence-electron chi connectivity index (χ4n) is 2.94. The lowest BCUT2D eigenvalue weighted by atomic mass is 10.0. The molecule has 2 amide bonds. The number of benzene rings is 1. The van der Waals surface area contributed by atoms with Crippen molar-refractivity contribution in [1.29, 1.82) is 0 Å². The number of amides is 2. The summed E-state index contributed by atoms with van der Waals surface area (Å²) >= 11 is 0. The molecule has 1 fully saturated rings. The highest BCUT2D eigenvalue weighted by atomic mass is 16.5. The summed E-state index contributed by atoms with van der Waals surface area (Å²) in [6.07, 6.45) is 2.05. The lowest BCUT2D eigenvalue weighted by molar-refractivity contribution is -0.136. The van der Waals surface area contributed by atoms with Gasteiger partial charge in [0.25, 0.3) is 5.91 Å². The Labute approximate surface area is 129 Å². The molecule has 2 aliphatic rings. The molecule has 1 aromatic carbocycles. The number of rotatable bonds is 2. The van der Waals surface area contributed by atoms with Crippen molar-refractivity contribution < 1.29 is 14.3 Å². The van der Waals surface area contributed by atoms with E-state index in [1.54, 1.807) is 32.0 Å². The molecule has 2 heterocycles. The molecule has 6 heteroatoms. The summed E-state index contributed by atoms with van der Waals surface area (Å²) in [7, 11) is 0. The van der Waals surface area contributed by atoms with Crippen molar-refractivity contribution in [1.82, 2.24) is 4.90 Å². The number of nitrogens with zero attached hydrogens (tertiary/aromatic N) is 2. The quantitative estimate of drug-likeness (QED) is 0.838. The second-order valence-corrected chi connectivity index (χ2v) is 6.32. The molecular weight excluding hydrogens is 282 g/mol. The summed E-state index contributed by atoms with van der Waals surface area (Å²) in [5.41, 5.74) is 5.93. The second-order valence-electron chi connectivity index (χ2n) is 6.32. The van der Waals surface area contributed by atoms with Gasteiger partial charge in [-0.05, 0) is 44.9 Å². The van der Waals surface area contributed by atoms with Gasteiger partial charge in [-0.3, -0.25) is 14.5 Å². The van der Waals surface area contributed by atoms with E-state index in [-0.39, 0.29) is 18.4 Å². The first-order chi connectivity index (χ1) is 10.4. The van der Waals surface area contributed by atoms with Crippen molar-refractivity contribution in [3.8, 4) is 5.75 Å². The number of nitrogens with two attached hydrogens (primary N) is 1. The Balaban J connectivity index is 1.92. The molecule has 0 aromatic heterocycles. The van der Waals surface area contributed by atoms with Crippen molar-refractivity contribution in [3.05, 3.63) is 18.2 Å². The number of carbonyl (C=O) groups is 2. The molecule has 22 heavy (non-hydrogen) atoms. The standard InChI is InChI=1S/C16H21N3O3/c1-16(2)15(21)19(10-14(20)18-7-3-4-8-18)12-9-11(17)5-6-13(12)22-16/h5-6,9H,3-4,7-8,10,17H2,1-2H3. The van der Waals surface area contributed by atoms with E-state index in [4.69, 9.17) is 10.5 Å². The van der Waals surface area contributed by atoms with Gasteiger partial charge in [0.05, 0.1) is 5.69 Å². The van der Waals surface area contributed by atoms with E-state index in [2.05, 4.69) is 0 Å². The average molecular weight is 303 g/mol. The number of fused-ring (bicyclic) bond motifs is 1. The van der Waals surface area contributed by atoms with E-state index in [0.29, 0.717) is 17.1 Å². The van der Waals surface area contributed by atoms with Crippen LogP contribution < -0.4 is 15.4 Å². The molecule has 1 saturated heterocycles. The molecule has 0 atom stereocenters. The molecule has 0 unspecified atom stereocenters. The lowest BCUT2D eigenvalue weighted by Gasteiger charge is -2.39. The lowest BCUT2D eigenvalue weighted by Crippen LogP contribution is -2.55. The van der Waals surface area contributed by atoms with Gasteiger partial charge in [0, 0.05) is 18.8 Å². The molecule has 2 aliphatic heterocycles. The van der Waals surface area contributed by atoms with E-state index in [1.807, 2.05) is 4.90 Å². The zero-order chi connectivity index (χ0) is 15.9. The van der Waals surface area contributed by atoms with Crippen LogP contribution in [0.1, 0.15) is 26.7 Å². The van der Waals surface area contributed by atoms with E-state index in [0.717, 1.165) is 25.9 Å². The molecule has 0 saturated carbocycles. The van der Waals surface area contributed by atoms with Gasteiger partial charge in [0.15, 0.2) is 5.60 Å². The third kappa shape index (κ3) is 2.49. The molecule has 6 nitrogen and oxygen atoms in total. The topological polar surface area (TPSA) is 75.9 Å². The maximum Gasteiger partial charge on any atom is 0.271 e. The third-order valence-electron chi connectivity index (χ3n) is 4.15. The molecule has 0 bridgehead atoms. The minimum atomic E-state index is -0.992. The fraction of sp³-hybridized carbons (Fsp3) is 0.500. The third-order valence-corrected chi connectivity index (χ3v) is 4.15. The number of nitrogen functional groups attached to an aromatic ring is 1. The van der Waals surface area contributed by atoms with E-state index in [1.165, 1.54) is 4.90 Å². The first-order valence-corrected chi connectivity index (χ1v) is 7.57. The Bertz CT molecular complexity index is 621. The van der Waals surface area contributed by atoms with Gasteiger partial charge in [-0.2, -0.15) is 0 Å². The Kier molecular flexibility index (Phi) is 3.47. The number of hydrogen-bond donors (Lipinski definition) is 1. The van der Waals surface area contributed by atoms with Gasteiger partial charge in [-0.15, -0.1) is 0 Å². The van der Waals surface area contributed by atoms with Crippen molar-refractivity contribution in [3.63, 3.8) is 0 Å². The summed E-state index contributed by atoms with van der Waals surface area (Å²) in [4.78, 5) is 28.4. The van der Waals surface area contributed by atoms with Crippen LogP contribution in [0.2, 0.25) is 0 Å². The highest BCUT2D eigenvalue weighted by Gasteiger charge is 2.42. The van der Waals surface area contributed by atoms with Crippen LogP contribution in [0.3, 0.4) is 0 Å². The van der Waals surface area contributed by atoms with Crippen LogP contribution in [-0.2, 0) is 9.59 Å². The monoisotopic (exact) mass is 303 g/mol. The first kappa shape index (κ1) is 14.7. The van der Waals surface area contributed by atoms with Gasteiger partial charge in [0.2, 0.25) is 5.91 Å². The molecule has 2 N–H and O–H groups in total. The normalized spacial score (nSPS) is 19.8. The van der Waals surface area contributed by atoms with Gasteiger partial charge in [0.1, 0.15) is 12.3 Å². The van der Waals surface area contributed by atoms with Crippen molar-refractivity contribution in [2.24, 2.45) is 0 Å². The van der Waals surface area contributed by atoms with Crippen LogP contribution >= 0.6 is 0 Å². The minimum absolute atomic E-state index is 0.0298. The smallest absolute Gasteiger partial charge is 0.271 e. The van der Waals surface area contributed by atoms with Crippen molar-refractivity contribution >= 4 is 23.2 Å². The van der Waals surface area contributed by atoms with Crippen LogP contribution in [0.15, 0.2) is 18.2 Å². The minimum Gasteiger partial charge on any atom is -0.476 e. The zero-order valence-corrected chi connectivity index (χ0v) is 13.0. The van der Waals surface area contributed by atoms with Crippen molar-refractivity contribution in [2.45, 2.75) is 32.3 Å². The van der Waals surface area contributed by atoms with Gasteiger partial charge >= 0.3 is 0 Å². The zero-order valence-electron chi connectivity index (χ0n) is 13.0. The number of ether oxygens (including phenoxy) is 1. The summed E-state index contributed by atoms with van der Waals surface area (Å²) in [6.45, 7) is 4.99. The Morgan fingerprint density at radius 1 is 1.32 bits per heavy atom. The molecule has 118 valence electrons. The number of likely N-dealkylation sites (tertiary alicyclic amines) is 1. The number of hydrogen-bond acceptors (Lipinski definition) is 4. The van der Waals surface area contributed by atoms with Crippen LogP contribution in [0.25, 0.3) is 0 Å². The van der Waals surface area contributed by atoms with Crippen LogP contribution in [0.4, 0.5) is 11.4 Å². The predicted octanol–water partition coefficient (Wildman–Crippen LogP) is 1.40. The van der Waals surface area contributed by atoms with E-state index in [9.17, 15) is 9.59 Å². The van der Waals surface area contributed by atoms with Crippen LogP contribution in [0, 0.1) is 0 Å². The second kappa shape index (κ2) is 5.19. The molecule has 0 spiro atoms. The maximum absolute atomic E-state index is 12.7. The number of carbonyl (C=O) groups excluding carboxylic acids is 2. The first-order valence-electron chi connectivity index (χ1n) is 7.57.